The number of aromatic nitrogens is 3. The van der Waals surface area contributed by atoms with Crippen LogP contribution < -0.4 is 4.72 Å². The number of anilines is 1. The van der Waals surface area contributed by atoms with E-state index in [1.54, 1.807) is 30.6 Å². The molecule has 32 heavy (non-hydrogen) atoms. The summed E-state index contributed by atoms with van der Waals surface area (Å²) in [6.07, 6.45) is 5.40. The van der Waals surface area contributed by atoms with Crippen LogP contribution in [0.1, 0.15) is 16.8 Å². The van der Waals surface area contributed by atoms with Crippen LogP contribution >= 0.6 is 23.2 Å². The predicted octanol–water partition coefficient (Wildman–Crippen LogP) is 5.55. The zero-order chi connectivity index (χ0) is 22.7. The molecule has 2 aromatic carbocycles. The molecule has 9 heteroatoms. The van der Waals surface area contributed by atoms with Crippen LogP contribution in [0.3, 0.4) is 0 Å². The third-order valence-corrected chi connectivity index (χ3v) is 7.27. The Bertz CT molecular complexity index is 1380. The quantitative estimate of drug-likeness (QED) is 0.387. The highest BCUT2D eigenvalue weighted by Crippen LogP contribution is 2.31. The Morgan fingerprint density at radius 2 is 1.81 bits per heavy atom. The fourth-order valence-electron chi connectivity index (χ4n) is 3.27. The molecule has 4 rings (SSSR count). The summed E-state index contributed by atoms with van der Waals surface area (Å²) in [5, 5.41) is 0.156. The van der Waals surface area contributed by atoms with Gasteiger partial charge in [-0.05, 0) is 60.5 Å². The average molecular weight is 485 g/mol. The van der Waals surface area contributed by atoms with Crippen molar-refractivity contribution in [3.05, 3.63) is 100 Å². The second-order valence-electron chi connectivity index (χ2n) is 7.07. The molecule has 0 fully saturated rings. The first-order valence-electron chi connectivity index (χ1n) is 9.62. The van der Waals surface area contributed by atoms with Gasteiger partial charge in [0.25, 0.3) is 10.0 Å². The number of sulfonamides is 1. The molecule has 0 radical (unpaired) electrons. The van der Waals surface area contributed by atoms with E-state index in [1.165, 1.54) is 18.5 Å². The maximum Gasteiger partial charge on any atom is 0.263 e. The summed E-state index contributed by atoms with van der Waals surface area (Å²) in [6, 6.07) is 15.5. The van der Waals surface area contributed by atoms with Gasteiger partial charge in [0.15, 0.2) is 0 Å². The van der Waals surface area contributed by atoms with E-state index < -0.39 is 10.0 Å². The van der Waals surface area contributed by atoms with Gasteiger partial charge in [-0.2, -0.15) is 0 Å². The summed E-state index contributed by atoms with van der Waals surface area (Å²) in [5.74, 6) is 0. The van der Waals surface area contributed by atoms with Crippen LogP contribution in [0.2, 0.25) is 10.0 Å². The van der Waals surface area contributed by atoms with Gasteiger partial charge in [0.2, 0.25) is 0 Å². The topological polar surface area (TPSA) is 84.8 Å². The lowest BCUT2D eigenvalue weighted by Crippen LogP contribution is -2.14. The van der Waals surface area contributed by atoms with E-state index in [0.717, 1.165) is 28.1 Å². The molecule has 0 bridgehead atoms. The van der Waals surface area contributed by atoms with Crippen molar-refractivity contribution < 1.29 is 8.42 Å². The number of halogens is 2. The SMILES string of the molecule is Cc1ccc(NS(=O)(=O)c2cccc(Cl)c2Cl)cc1Cc1ncccc1-c1ccncn1. The third-order valence-electron chi connectivity index (χ3n) is 4.91. The molecule has 0 saturated heterocycles. The molecule has 6 nitrogen and oxygen atoms in total. The summed E-state index contributed by atoms with van der Waals surface area (Å²) >= 11 is 12.1. The third kappa shape index (κ3) is 4.75. The Morgan fingerprint density at radius 1 is 0.969 bits per heavy atom. The highest BCUT2D eigenvalue weighted by molar-refractivity contribution is 7.92. The lowest BCUT2D eigenvalue weighted by molar-refractivity contribution is 0.601. The normalized spacial score (nSPS) is 11.3. The number of pyridine rings is 1. The lowest BCUT2D eigenvalue weighted by atomic mass is 9.99. The molecule has 0 amide bonds. The van der Waals surface area contributed by atoms with Crippen LogP contribution in [0.15, 0.2) is 78.2 Å². The maximum atomic E-state index is 12.9. The van der Waals surface area contributed by atoms with Crippen molar-refractivity contribution in [2.24, 2.45) is 0 Å². The van der Waals surface area contributed by atoms with Crippen molar-refractivity contribution in [2.45, 2.75) is 18.2 Å². The molecule has 0 aliphatic carbocycles. The highest BCUT2D eigenvalue weighted by Gasteiger charge is 2.20. The van der Waals surface area contributed by atoms with Gasteiger partial charge in [0, 0.05) is 30.1 Å². The van der Waals surface area contributed by atoms with Crippen LogP contribution in [0.25, 0.3) is 11.3 Å². The molecule has 0 spiro atoms. The van der Waals surface area contributed by atoms with Crippen LogP contribution in [-0.2, 0) is 16.4 Å². The first-order chi connectivity index (χ1) is 15.3. The van der Waals surface area contributed by atoms with Gasteiger partial charge in [-0.15, -0.1) is 0 Å². The number of benzene rings is 2. The molecular formula is C23H18Cl2N4O2S. The Morgan fingerprint density at radius 3 is 2.59 bits per heavy atom. The predicted molar refractivity (Wildman–Crippen MR) is 127 cm³/mol. The van der Waals surface area contributed by atoms with Gasteiger partial charge in [0.05, 0.1) is 21.4 Å². The molecule has 0 unspecified atom stereocenters. The molecule has 0 aliphatic heterocycles. The van der Waals surface area contributed by atoms with Crippen LogP contribution in [-0.4, -0.2) is 23.4 Å². The number of rotatable bonds is 6. The van der Waals surface area contributed by atoms with Crippen molar-refractivity contribution in [3.8, 4) is 11.3 Å². The van der Waals surface area contributed by atoms with E-state index >= 15 is 0 Å². The molecule has 2 heterocycles. The van der Waals surface area contributed by atoms with Gasteiger partial charge >= 0.3 is 0 Å². The standard InChI is InChI=1S/C23H18Cl2N4O2S/c1-15-7-8-17(29-32(30,31)22-6-2-5-19(24)23(22)25)12-16(15)13-21-18(4-3-10-27-21)20-9-11-26-14-28-20/h2-12,14,29H,13H2,1H3. The van der Waals surface area contributed by atoms with Crippen LogP contribution in [0, 0.1) is 6.92 Å². The van der Waals surface area contributed by atoms with E-state index in [9.17, 15) is 8.42 Å². The number of hydrogen-bond acceptors (Lipinski definition) is 5. The average Bonchev–Trinajstić information content (AvgIpc) is 2.78. The zero-order valence-corrected chi connectivity index (χ0v) is 19.3. The van der Waals surface area contributed by atoms with Crippen LogP contribution in [0.5, 0.6) is 0 Å². The molecule has 0 aliphatic rings. The second kappa shape index (κ2) is 9.24. The van der Waals surface area contributed by atoms with Gasteiger partial charge < -0.3 is 0 Å². The van der Waals surface area contributed by atoms with E-state index in [1.807, 2.05) is 31.2 Å². The highest BCUT2D eigenvalue weighted by atomic mass is 35.5. The Labute approximate surface area is 196 Å². The number of nitrogens with zero attached hydrogens (tertiary/aromatic N) is 3. The van der Waals surface area contributed by atoms with Gasteiger partial charge in [-0.3, -0.25) is 9.71 Å². The summed E-state index contributed by atoms with van der Waals surface area (Å²) in [7, 11) is -3.92. The smallest absolute Gasteiger partial charge is 0.263 e. The number of hydrogen-bond donors (Lipinski definition) is 1. The van der Waals surface area contributed by atoms with Gasteiger partial charge in [-0.1, -0.05) is 35.3 Å². The zero-order valence-electron chi connectivity index (χ0n) is 17.0. The van der Waals surface area contributed by atoms with Crippen molar-refractivity contribution in [1.82, 2.24) is 15.0 Å². The van der Waals surface area contributed by atoms with Crippen molar-refractivity contribution >= 4 is 38.9 Å². The Kier molecular flexibility index (Phi) is 6.41. The summed E-state index contributed by atoms with van der Waals surface area (Å²) in [5.41, 5.74) is 4.84. The van der Waals surface area contributed by atoms with E-state index in [0.29, 0.717) is 12.1 Å². The minimum atomic E-state index is -3.92. The molecular weight excluding hydrogens is 467 g/mol. The Balaban J connectivity index is 1.66. The number of aryl methyl sites for hydroxylation is 1. The summed E-state index contributed by atoms with van der Waals surface area (Å²) in [6.45, 7) is 1.97. The van der Waals surface area contributed by atoms with E-state index in [4.69, 9.17) is 23.2 Å². The van der Waals surface area contributed by atoms with E-state index in [2.05, 4.69) is 19.7 Å². The summed E-state index contributed by atoms with van der Waals surface area (Å²) in [4.78, 5) is 12.7. The van der Waals surface area contributed by atoms with Crippen molar-refractivity contribution in [3.63, 3.8) is 0 Å². The van der Waals surface area contributed by atoms with Crippen LogP contribution in [0.4, 0.5) is 5.69 Å². The first kappa shape index (κ1) is 22.2. The molecule has 1 N–H and O–H groups in total. The molecule has 2 aromatic heterocycles. The van der Waals surface area contributed by atoms with Crippen molar-refractivity contribution in [2.75, 3.05) is 4.72 Å². The van der Waals surface area contributed by atoms with Gasteiger partial charge in [-0.25, -0.2) is 18.4 Å². The fourth-order valence-corrected chi connectivity index (χ4v) is 5.08. The first-order valence-corrected chi connectivity index (χ1v) is 11.9. The summed E-state index contributed by atoms with van der Waals surface area (Å²) < 4.78 is 28.4. The fraction of sp³-hybridized carbons (Fsp3) is 0.0870. The number of nitrogens with one attached hydrogen (secondary N) is 1. The largest absolute Gasteiger partial charge is 0.280 e. The molecule has 0 atom stereocenters. The van der Waals surface area contributed by atoms with E-state index in [-0.39, 0.29) is 14.9 Å². The molecule has 0 saturated carbocycles. The minimum absolute atomic E-state index is 0.0167. The minimum Gasteiger partial charge on any atom is -0.280 e. The molecule has 4 aromatic rings. The monoisotopic (exact) mass is 484 g/mol. The lowest BCUT2D eigenvalue weighted by Gasteiger charge is -2.14. The van der Waals surface area contributed by atoms with Crippen molar-refractivity contribution in [1.29, 1.82) is 0 Å². The van der Waals surface area contributed by atoms with Gasteiger partial charge in [0.1, 0.15) is 11.2 Å². The Hall–Kier alpha value is -3.00. The second-order valence-corrected chi connectivity index (χ2v) is 9.50. The molecule has 162 valence electrons. The maximum absolute atomic E-state index is 12.9.